The van der Waals surface area contributed by atoms with Crippen molar-refractivity contribution in [3.05, 3.63) is 209 Å². The van der Waals surface area contributed by atoms with Gasteiger partial charge in [0.2, 0.25) is 70.9 Å². The summed E-state index contributed by atoms with van der Waals surface area (Å²) in [6.07, 6.45) is 3.30. The van der Waals surface area contributed by atoms with Crippen molar-refractivity contribution in [3.63, 3.8) is 0 Å². The summed E-state index contributed by atoms with van der Waals surface area (Å²) in [7, 11) is 0. The number of nitrogens with one attached hydrogen (secondary N) is 6. The number of nitrogens with zero attached hydrogens (tertiary/aromatic N) is 6. The third kappa shape index (κ3) is 20.0. The minimum atomic E-state index is -0.923. The van der Waals surface area contributed by atoms with E-state index >= 15 is 0 Å². The summed E-state index contributed by atoms with van der Waals surface area (Å²) in [5, 5.41) is 13.7. The highest BCUT2D eigenvalue weighted by atomic mass is 16.2. The van der Waals surface area contributed by atoms with Gasteiger partial charge in [-0.3, -0.25) is 138 Å². The Morgan fingerprint density at radius 2 is 0.537 bits per heavy atom. The minimum absolute atomic E-state index is 0.0140. The summed E-state index contributed by atoms with van der Waals surface area (Å²) in [5.41, 5.74) is 13.4. The fraction of sp³-hybridized carbons (Fsp3) is 0.451. The van der Waals surface area contributed by atoms with E-state index in [-0.39, 0.29) is 167 Å². The monoisotopic (exact) mass is 1830 g/mol. The molecule has 0 bridgehead atoms. The highest BCUT2D eigenvalue weighted by molar-refractivity contribution is 6.25. The predicted molar refractivity (Wildman–Crippen MR) is 488 cm³/mol. The van der Waals surface area contributed by atoms with Crippen LogP contribution in [0, 0.1) is 0 Å². The molecule has 18 rings (SSSR count). The number of fused-ring (bicyclic) bond motifs is 6. The van der Waals surface area contributed by atoms with Crippen LogP contribution in [-0.2, 0) is 116 Å². The number of hydrogen-bond acceptors (Lipinski definition) is 20. The van der Waals surface area contributed by atoms with E-state index in [0.717, 1.165) is 65.4 Å². The smallest absolute Gasteiger partial charge is 0.262 e. The average Bonchev–Trinajstić information content (AvgIpc) is 1.45. The normalized spacial score (nSPS) is 21.7. The lowest BCUT2D eigenvalue weighted by Crippen LogP contribution is -2.54. The summed E-state index contributed by atoms with van der Waals surface area (Å²) >= 11 is 0. The van der Waals surface area contributed by atoms with Crippen molar-refractivity contribution in [1.82, 2.24) is 61.3 Å². The lowest BCUT2D eigenvalue weighted by molar-refractivity contribution is -0.138. The second kappa shape index (κ2) is 37.1. The average molecular weight is 1830 g/mol. The number of hydrogen-bond donors (Lipinski definition) is 6. The van der Waals surface area contributed by atoms with Crippen LogP contribution in [0.3, 0.4) is 0 Å². The standard InChI is InChI=1S/2C17H18N2O4.4C17H20N2O3/c1-17(2,3)9-4-5-10-11(8-9)16(23)19(15(10)22)12-6-7-13(20)18-14(12)21;1-17(2,3)10-6-4-5-9-13(10)16(23)19(15(9)22)11-7-8-12(20)18-14(11)21;1-17(2,3)11-4-5-12-10(8-11)9-19(16(12)22)13-6-7-14(20)18-15(13)21;1-17(2,3)11-5-4-10-9-19(16(22)12(10)8-11)13-6-7-14(20)18-15(13)21;1-17(2,3)12-6-4-5-10-11(12)9-19(16(10)22)13-7-8-14(20)18-15(13)21;1-17(2,3)11-6-4-5-10-9-19(16(22)14(10)11)12-7-8-13(20)18-15(12)21/h4-5,8,12H,6-7H2,1-3H3,(H,18,20,21);4-6,11H,7-8H2,1-3H3,(H,18,20,21);2*4-5,8,13H,6-7,9H2,1-3H3,(H,18,20,21);4-6,13H,7-9H2,1-3H3,(H,18,20,21);4-6,12H,7-9H2,1-3H3,(H,18,20,21). The predicted octanol–water partition coefficient (Wildman–Crippen LogP) is 9.75. The van der Waals surface area contributed by atoms with Gasteiger partial charge in [-0.15, -0.1) is 0 Å². The molecule has 6 N–H and O–H groups in total. The number of benzene rings is 6. The molecule has 12 heterocycles. The van der Waals surface area contributed by atoms with Gasteiger partial charge in [0.1, 0.15) is 36.3 Å². The number of rotatable bonds is 6. The van der Waals surface area contributed by atoms with Gasteiger partial charge in [0, 0.05) is 87.0 Å². The lowest BCUT2D eigenvalue weighted by atomic mass is 9.82. The molecule has 6 unspecified atom stereocenters. The van der Waals surface area contributed by atoms with Crippen LogP contribution >= 0.6 is 0 Å². The largest absolute Gasteiger partial charge is 0.322 e. The van der Waals surface area contributed by atoms with Gasteiger partial charge < -0.3 is 19.6 Å². The van der Waals surface area contributed by atoms with E-state index in [1.165, 1.54) is 5.56 Å². The Bertz CT molecular complexity index is 5970. The Morgan fingerprint density at radius 3 is 0.955 bits per heavy atom. The molecule has 6 aromatic rings. The van der Waals surface area contributed by atoms with E-state index in [2.05, 4.69) is 121 Å². The van der Waals surface area contributed by atoms with Crippen molar-refractivity contribution < 1.29 is 95.9 Å². The van der Waals surface area contributed by atoms with Gasteiger partial charge >= 0.3 is 0 Å². The van der Waals surface area contributed by atoms with E-state index in [1.54, 1.807) is 43.9 Å². The van der Waals surface area contributed by atoms with Crippen LogP contribution in [0.5, 0.6) is 0 Å². The highest BCUT2D eigenvalue weighted by Gasteiger charge is 2.51. The molecular weight excluding hydrogens is 1710 g/mol. The first-order valence-corrected chi connectivity index (χ1v) is 45.3. The maximum absolute atomic E-state index is 12.9. The van der Waals surface area contributed by atoms with Crippen molar-refractivity contribution in [2.24, 2.45) is 0 Å². The van der Waals surface area contributed by atoms with Gasteiger partial charge in [0.05, 0.1) is 22.3 Å². The van der Waals surface area contributed by atoms with Crippen molar-refractivity contribution in [2.75, 3.05) is 0 Å². The number of carbonyl (C=O) groups is 20. The molecule has 6 atom stereocenters. The lowest BCUT2D eigenvalue weighted by Gasteiger charge is -2.29. The molecule has 6 fully saturated rings. The minimum Gasteiger partial charge on any atom is -0.322 e. The number of amides is 20. The Balaban J connectivity index is 0.000000136. The van der Waals surface area contributed by atoms with Gasteiger partial charge in [-0.25, -0.2) is 0 Å². The molecule has 20 amide bonds. The van der Waals surface area contributed by atoms with Gasteiger partial charge in [-0.05, 0) is 163 Å². The maximum atomic E-state index is 12.9. The third-order valence-electron chi connectivity index (χ3n) is 26.1. The van der Waals surface area contributed by atoms with Crippen molar-refractivity contribution in [1.29, 1.82) is 0 Å². The first kappa shape index (κ1) is 97.8. The van der Waals surface area contributed by atoms with Gasteiger partial charge in [0.15, 0.2) is 0 Å². The van der Waals surface area contributed by atoms with Crippen molar-refractivity contribution >= 4 is 118 Å². The van der Waals surface area contributed by atoms with Crippen molar-refractivity contribution in [3.8, 4) is 0 Å². The Morgan fingerprint density at radius 1 is 0.231 bits per heavy atom. The highest BCUT2D eigenvalue weighted by Crippen LogP contribution is 2.42. The zero-order valence-corrected chi connectivity index (χ0v) is 79.0. The van der Waals surface area contributed by atoms with Crippen molar-refractivity contribution in [2.45, 2.75) is 297 Å². The van der Waals surface area contributed by atoms with Gasteiger partial charge in [0.25, 0.3) is 47.3 Å². The van der Waals surface area contributed by atoms with E-state index in [1.807, 2.05) is 120 Å². The van der Waals surface area contributed by atoms with Crippen LogP contribution in [-0.4, -0.2) is 184 Å². The van der Waals surface area contributed by atoms with Crippen LogP contribution in [0.2, 0.25) is 0 Å². The van der Waals surface area contributed by atoms with E-state index < -0.39 is 71.7 Å². The maximum Gasteiger partial charge on any atom is 0.262 e. The molecule has 6 aromatic carbocycles. The molecule has 0 aliphatic carbocycles. The van der Waals surface area contributed by atoms with Crippen LogP contribution in [0.1, 0.15) is 340 Å². The first-order chi connectivity index (χ1) is 62.5. The Hall–Kier alpha value is -13.7. The van der Waals surface area contributed by atoms with E-state index in [9.17, 15) is 95.9 Å². The Kier molecular flexibility index (Phi) is 27.1. The molecule has 704 valence electrons. The van der Waals surface area contributed by atoms with Crippen LogP contribution in [0.15, 0.2) is 109 Å². The first-order valence-electron chi connectivity index (χ1n) is 45.3. The van der Waals surface area contributed by atoms with Crippen LogP contribution in [0.25, 0.3) is 0 Å². The molecule has 12 aliphatic heterocycles. The quantitative estimate of drug-likeness (QED) is 0.0844. The molecule has 0 spiro atoms. The third-order valence-corrected chi connectivity index (χ3v) is 26.1. The summed E-state index contributed by atoms with van der Waals surface area (Å²) in [5.74, 6) is -6.77. The molecule has 134 heavy (non-hydrogen) atoms. The van der Waals surface area contributed by atoms with E-state index in [4.69, 9.17) is 0 Å². The zero-order valence-electron chi connectivity index (χ0n) is 79.0. The molecular formula is C102H116N12O20. The zero-order chi connectivity index (χ0) is 98.2. The summed E-state index contributed by atoms with van der Waals surface area (Å²) in [4.78, 5) is 249. The van der Waals surface area contributed by atoms with Gasteiger partial charge in [-0.2, -0.15) is 0 Å². The topological polar surface area (TPSA) is 433 Å². The molecule has 12 aliphatic rings. The van der Waals surface area contributed by atoms with Crippen LogP contribution < -0.4 is 31.9 Å². The summed E-state index contributed by atoms with van der Waals surface area (Å²) in [6.45, 7) is 39.0. The molecule has 0 saturated carbocycles. The fourth-order valence-corrected chi connectivity index (χ4v) is 18.7. The van der Waals surface area contributed by atoms with Gasteiger partial charge in [-0.1, -0.05) is 197 Å². The fourth-order valence-electron chi connectivity index (χ4n) is 18.7. The summed E-state index contributed by atoms with van der Waals surface area (Å²) < 4.78 is 0. The number of imide groups is 8. The molecule has 6 saturated heterocycles. The molecule has 0 aromatic heterocycles. The summed E-state index contributed by atoms with van der Waals surface area (Å²) in [6, 6.07) is 29.8. The van der Waals surface area contributed by atoms with Crippen LogP contribution in [0.4, 0.5) is 0 Å². The Labute approximate surface area is 777 Å². The molecule has 32 nitrogen and oxygen atoms in total. The molecule has 0 radical (unpaired) electrons. The van der Waals surface area contributed by atoms with E-state index in [0.29, 0.717) is 90.8 Å². The number of piperidine rings is 6. The number of carbonyl (C=O) groups excluding carboxylic acids is 20. The second-order valence-corrected chi connectivity index (χ2v) is 41.9. The second-order valence-electron chi connectivity index (χ2n) is 41.9. The molecule has 32 heteroatoms. The SMILES string of the molecule is CC(C)(C)c1ccc2c(c1)C(=O)N(C1CCC(=O)NC1=O)C2.CC(C)(C)c1ccc2c(c1)C(=O)N(C1CCC(=O)NC1=O)C2=O.CC(C)(C)c1ccc2c(c1)CN(C1CCC(=O)NC1=O)C2=O.CC(C)(C)c1cccc2c1C(=O)N(C1CCC(=O)NC1=O)C2.CC(C)(C)c1cccc2c1C(=O)N(C1CCC(=O)NC1=O)C2=O.CC(C)(C)c1cccc2c1CN(C1CCC(=O)NC1=O)C2=O.